The molecule has 0 spiro atoms. The van der Waals surface area contributed by atoms with Crippen LogP contribution in [0.3, 0.4) is 0 Å². The molecule has 0 fully saturated rings. The summed E-state index contributed by atoms with van der Waals surface area (Å²) in [5.74, 6) is 0. The Kier molecular flexibility index (Phi) is 10.5. The third kappa shape index (κ3) is 7.78. The molecule has 8 aromatic rings. The lowest BCUT2D eigenvalue weighted by atomic mass is 9.80. The van der Waals surface area contributed by atoms with E-state index in [4.69, 9.17) is 10.0 Å². The minimum atomic E-state index is -1.39. The Morgan fingerprint density at radius 2 is 0.704 bits per heavy atom. The number of rotatable bonds is 4. The fourth-order valence-electron chi connectivity index (χ4n) is 7.40. The molecule has 0 bridgehead atoms. The van der Waals surface area contributed by atoms with Crippen molar-refractivity contribution in [1.82, 2.24) is 0 Å². The van der Waals surface area contributed by atoms with E-state index in [0.717, 1.165) is 24.0 Å². The van der Waals surface area contributed by atoms with Crippen molar-refractivity contribution < 1.29 is 10.0 Å². The summed E-state index contributed by atoms with van der Waals surface area (Å²) in [6, 6.07) is 67.3. The number of fused-ring (bicyclic) bond motifs is 6. The second-order valence-corrected chi connectivity index (χ2v) is 14.6. The summed E-state index contributed by atoms with van der Waals surface area (Å²) in [5, 5.41) is 17.9. The van der Waals surface area contributed by atoms with Gasteiger partial charge in [0.05, 0.1) is 0 Å². The predicted octanol–water partition coefficient (Wildman–Crippen LogP) is 11.6. The topological polar surface area (TPSA) is 40.5 Å². The van der Waals surface area contributed by atoms with E-state index in [1.165, 1.54) is 71.2 Å². The van der Waals surface area contributed by atoms with Crippen molar-refractivity contribution in [2.45, 2.75) is 12.8 Å². The monoisotopic (exact) mass is 760 g/mol. The maximum Gasteiger partial charge on any atom is 0.488 e. The second-order valence-electron chi connectivity index (χ2n) is 13.6. The Bertz CT molecular complexity index is 2510. The quantitative estimate of drug-likeness (QED) is 0.175. The second kappa shape index (κ2) is 16.1. The molecule has 0 aliphatic heterocycles. The Labute approximate surface area is 326 Å². The van der Waals surface area contributed by atoms with E-state index < -0.39 is 7.12 Å². The summed E-state index contributed by atoms with van der Waals surface area (Å²) in [4.78, 5) is 0. The van der Waals surface area contributed by atoms with E-state index in [1.54, 1.807) is 12.1 Å². The smallest absolute Gasteiger partial charge is 0.423 e. The lowest BCUT2D eigenvalue weighted by Gasteiger charge is -2.07. The van der Waals surface area contributed by atoms with Crippen LogP contribution in [0.1, 0.15) is 22.3 Å². The molecule has 10 rings (SSSR count). The Morgan fingerprint density at radius 3 is 1.22 bits per heavy atom. The number of benzene rings is 8. The first-order valence-electron chi connectivity index (χ1n) is 18.3. The molecule has 2 nitrogen and oxygen atoms in total. The molecule has 0 atom stereocenters. The highest BCUT2D eigenvalue weighted by molar-refractivity contribution is 9.10. The van der Waals surface area contributed by atoms with Crippen molar-refractivity contribution in [2.75, 3.05) is 0 Å². The van der Waals surface area contributed by atoms with Gasteiger partial charge in [-0.15, -0.1) is 0 Å². The van der Waals surface area contributed by atoms with Gasteiger partial charge in [0.15, 0.2) is 0 Å². The zero-order valence-corrected chi connectivity index (χ0v) is 31.3. The highest BCUT2D eigenvalue weighted by Crippen LogP contribution is 2.39. The first kappa shape index (κ1) is 35.3. The first-order chi connectivity index (χ1) is 26.5. The standard InChI is InChI=1S/C25H18.C13H9Br.C12H11BO2/c1-2-6-18(7-3-1)19-10-12-20(13-11-19)21-14-15-25-23(16-21)17-22-8-4-5-9-24(22)25;14-11-5-6-13-10(8-11)7-9-3-1-2-4-12(9)13;14-13(15)12-8-6-11(7-9-12)10-4-2-1-3-5-10/h1-16H,17H2;1-6,8H,7H2;1-9,14-15H. The van der Waals surface area contributed by atoms with Crippen LogP contribution >= 0.6 is 15.9 Å². The minimum Gasteiger partial charge on any atom is -0.423 e. The van der Waals surface area contributed by atoms with Crippen molar-refractivity contribution in [3.63, 3.8) is 0 Å². The first-order valence-corrected chi connectivity index (χ1v) is 19.0. The van der Waals surface area contributed by atoms with Crippen LogP contribution in [0, 0.1) is 0 Å². The van der Waals surface area contributed by atoms with Gasteiger partial charge in [-0.25, -0.2) is 0 Å². The lowest BCUT2D eigenvalue weighted by Crippen LogP contribution is -2.29. The zero-order chi connectivity index (χ0) is 36.9. The third-order valence-corrected chi connectivity index (χ3v) is 10.7. The molecule has 8 aromatic carbocycles. The van der Waals surface area contributed by atoms with Gasteiger partial charge in [0.2, 0.25) is 0 Å². The fourth-order valence-corrected chi connectivity index (χ4v) is 7.81. The summed E-state index contributed by atoms with van der Waals surface area (Å²) in [5.41, 5.74) is 19.1. The third-order valence-electron chi connectivity index (χ3n) is 10.2. The minimum absolute atomic E-state index is 0.509. The highest BCUT2D eigenvalue weighted by atomic mass is 79.9. The zero-order valence-electron chi connectivity index (χ0n) is 29.7. The SMILES string of the molecule is Brc1ccc2c(c1)Cc1ccccc1-2.OB(O)c1ccc(-c2ccccc2)cc1.c1ccc(-c2ccc(-c3ccc4c(c3)Cc3ccccc3-4)cc2)cc1. The molecule has 0 aromatic heterocycles. The molecule has 0 saturated carbocycles. The average Bonchev–Trinajstić information content (AvgIpc) is 3.79. The molecule has 260 valence electrons. The van der Waals surface area contributed by atoms with E-state index in [1.807, 2.05) is 42.5 Å². The van der Waals surface area contributed by atoms with Crippen LogP contribution in [-0.2, 0) is 12.8 Å². The predicted molar refractivity (Wildman–Crippen MR) is 230 cm³/mol. The Balaban J connectivity index is 0.000000123. The Hall–Kier alpha value is -5.78. The van der Waals surface area contributed by atoms with Gasteiger partial charge in [-0.05, 0) is 108 Å². The van der Waals surface area contributed by atoms with Gasteiger partial charge in [-0.1, -0.05) is 198 Å². The summed E-state index contributed by atoms with van der Waals surface area (Å²) >= 11 is 3.51. The highest BCUT2D eigenvalue weighted by Gasteiger charge is 2.19. The molecule has 0 unspecified atom stereocenters. The summed E-state index contributed by atoms with van der Waals surface area (Å²) < 4.78 is 1.17. The molecule has 54 heavy (non-hydrogen) atoms. The van der Waals surface area contributed by atoms with Gasteiger partial charge in [-0.3, -0.25) is 0 Å². The number of hydrogen-bond donors (Lipinski definition) is 2. The molecule has 0 saturated heterocycles. The van der Waals surface area contributed by atoms with Gasteiger partial charge >= 0.3 is 7.12 Å². The van der Waals surface area contributed by atoms with E-state index in [9.17, 15) is 0 Å². The normalized spacial score (nSPS) is 11.5. The number of halogens is 1. The average molecular weight is 762 g/mol. The summed E-state index contributed by atoms with van der Waals surface area (Å²) in [6.07, 6.45) is 2.12. The summed E-state index contributed by atoms with van der Waals surface area (Å²) in [7, 11) is -1.39. The maximum absolute atomic E-state index is 8.94. The van der Waals surface area contributed by atoms with Crippen LogP contribution < -0.4 is 5.46 Å². The van der Waals surface area contributed by atoms with E-state index in [0.29, 0.717) is 5.46 Å². The summed E-state index contributed by atoms with van der Waals surface area (Å²) in [6.45, 7) is 0. The molecule has 4 heteroatoms. The van der Waals surface area contributed by atoms with Crippen molar-refractivity contribution in [1.29, 1.82) is 0 Å². The van der Waals surface area contributed by atoms with E-state index in [2.05, 4.69) is 155 Å². The van der Waals surface area contributed by atoms with Gasteiger partial charge in [-0.2, -0.15) is 0 Å². The van der Waals surface area contributed by atoms with Crippen LogP contribution in [0.5, 0.6) is 0 Å². The fraction of sp³-hybridized carbons (Fsp3) is 0.0400. The van der Waals surface area contributed by atoms with Gasteiger partial charge in [0.1, 0.15) is 0 Å². The lowest BCUT2D eigenvalue weighted by molar-refractivity contribution is 0.426. The van der Waals surface area contributed by atoms with E-state index in [-0.39, 0.29) is 0 Å². The molecule has 2 aliphatic rings. The molecular weight excluding hydrogens is 723 g/mol. The van der Waals surface area contributed by atoms with Crippen LogP contribution in [0.25, 0.3) is 55.6 Å². The van der Waals surface area contributed by atoms with Gasteiger partial charge in [0, 0.05) is 4.47 Å². The van der Waals surface area contributed by atoms with Crippen molar-refractivity contribution in [3.8, 4) is 55.6 Å². The van der Waals surface area contributed by atoms with Crippen molar-refractivity contribution in [3.05, 3.63) is 221 Å². The van der Waals surface area contributed by atoms with E-state index >= 15 is 0 Å². The van der Waals surface area contributed by atoms with Crippen LogP contribution in [0.4, 0.5) is 0 Å². The molecule has 0 heterocycles. The molecule has 0 radical (unpaired) electrons. The molecule has 0 amide bonds. The molecular formula is C50H38BBrO2. The molecule has 2 N–H and O–H groups in total. The van der Waals surface area contributed by atoms with Gasteiger partial charge < -0.3 is 10.0 Å². The Morgan fingerprint density at radius 1 is 0.333 bits per heavy atom. The molecule has 2 aliphatic carbocycles. The van der Waals surface area contributed by atoms with Crippen molar-refractivity contribution >= 4 is 28.5 Å². The number of hydrogen-bond acceptors (Lipinski definition) is 2. The maximum atomic E-state index is 8.94. The van der Waals surface area contributed by atoms with Crippen molar-refractivity contribution in [2.24, 2.45) is 0 Å². The van der Waals surface area contributed by atoms with Gasteiger partial charge in [0.25, 0.3) is 0 Å². The van der Waals surface area contributed by atoms with Crippen LogP contribution in [0.15, 0.2) is 199 Å². The van der Waals surface area contributed by atoms with Crippen LogP contribution in [0.2, 0.25) is 0 Å². The van der Waals surface area contributed by atoms with Crippen LogP contribution in [-0.4, -0.2) is 17.2 Å². The largest absolute Gasteiger partial charge is 0.488 e.